The maximum absolute atomic E-state index is 9.39. The van der Waals surface area contributed by atoms with E-state index in [-0.39, 0.29) is 0 Å². The molecular weight excluding hydrogens is 284 g/mol. The molecule has 0 aromatic heterocycles. The van der Waals surface area contributed by atoms with Crippen molar-refractivity contribution >= 4 is 31.9 Å². The summed E-state index contributed by atoms with van der Waals surface area (Å²) in [5.74, 6) is 0. The molecule has 0 radical (unpaired) electrons. The summed E-state index contributed by atoms with van der Waals surface area (Å²) in [5.41, 5.74) is 0.833. The van der Waals surface area contributed by atoms with Gasteiger partial charge in [0, 0.05) is 8.95 Å². The molecule has 0 aliphatic rings. The van der Waals surface area contributed by atoms with Gasteiger partial charge >= 0.3 is 0 Å². The molecule has 1 unspecified atom stereocenters. The molecule has 0 fully saturated rings. The fraction of sp³-hybridized carbons (Fsp3) is 0.111. The summed E-state index contributed by atoms with van der Waals surface area (Å²) >= 11 is 6.70. The Labute approximate surface area is 88.4 Å². The zero-order chi connectivity index (χ0) is 9.14. The van der Waals surface area contributed by atoms with E-state index in [9.17, 15) is 5.11 Å². The van der Waals surface area contributed by atoms with Crippen molar-refractivity contribution in [3.63, 3.8) is 0 Å². The van der Waals surface area contributed by atoms with Crippen molar-refractivity contribution in [2.45, 2.75) is 6.10 Å². The van der Waals surface area contributed by atoms with E-state index in [4.69, 9.17) is 0 Å². The molecular formula is C9H8Br2O. The van der Waals surface area contributed by atoms with Crippen molar-refractivity contribution in [3.8, 4) is 0 Å². The van der Waals surface area contributed by atoms with Gasteiger partial charge in [-0.3, -0.25) is 0 Å². The Morgan fingerprint density at radius 3 is 2.50 bits per heavy atom. The van der Waals surface area contributed by atoms with Gasteiger partial charge in [0.2, 0.25) is 0 Å². The monoisotopic (exact) mass is 290 g/mol. The highest BCUT2D eigenvalue weighted by molar-refractivity contribution is 9.13. The quantitative estimate of drug-likeness (QED) is 0.828. The minimum absolute atomic E-state index is 0.589. The van der Waals surface area contributed by atoms with Crippen LogP contribution >= 0.6 is 31.9 Å². The van der Waals surface area contributed by atoms with Gasteiger partial charge in [0.15, 0.2) is 0 Å². The van der Waals surface area contributed by atoms with Crippen LogP contribution in [0, 0.1) is 0 Å². The lowest BCUT2D eigenvalue weighted by molar-refractivity contribution is 0.229. The number of aliphatic hydroxyl groups excluding tert-OH is 1. The molecule has 0 saturated carbocycles. The van der Waals surface area contributed by atoms with E-state index >= 15 is 0 Å². The molecule has 0 saturated heterocycles. The van der Waals surface area contributed by atoms with E-state index in [0.29, 0.717) is 0 Å². The molecule has 12 heavy (non-hydrogen) atoms. The van der Waals surface area contributed by atoms with Crippen LogP contribution in [0.3, 0.4) is 0 Å². The molecule has 0 aliphatic carbocycles. The van der Waals surface area contributed by atoms with E-state index in [2.05, 4.69) is 38.4 Å². The molecule has 0 amide bonds. The highest BCUT2D eigenvalue weighted by Crippen LogP contribution is 2.26. The van der Waals surface area contributed by atoms with Crippen LogP contribution in [0.4, 0.5) is 0 Å². The summed E-state index contributed by atoms with van der Waals surface area (Å²) in [5, 5.41) is 9.39. The first kappa shape index (κ1) is 9.96. The van der Waals surface area contributed by atoms with Crippen LogP contribution in [0.1, 0.15) is 11.7 Å². The maximum Gasteiger partial charge on any atom is 0.0969 e. The summed E-state index contributed by atoms with van der Waals surface area (Å²) in [6.45, 7) is 3.51. The van der Waals surface area contributed by atoms with Crippen LogP contribution in [0.15, 0.2) is 39.8 Å². The van der Waals surface area contributed by atoms with Crippen LogP contribution in [0.2, 0.25) is 0 Å². The molecule has 0 spiro atoms. The van der Waals surface area contributed by atoms with Gasteiger partial charge in [-0.05, 0) is 49.6 Å². The predicted molar refractivity (Wildman–Crippen MR) is 57.0 cm³/mol. The van der Waals surface area contributed by atoms with Gasteiger partial charge in [-0.1, -0.05) is 12.1 Å². The third-order valence-corrected chi connectivity index (χ3v) is 3.39. The standard InChI is InChI=1S/C9H8Br2O/c1-2-9(12)6-3-4-7(10)8(11)5-6/h2-5,9,12H,1H2. The average Bonchev–Trinajstić information content (AvgIpc) is 2.08. The van der Waals surface area contributed by atoms with Crippen molar-refractivity contribution in [2.24, 2.45) is 0 Å². The van der Waals surface area contributed by atoms with Crippen LogP contribution < -0.4 is 0 Å². The van der Waals surface area contributed by atoms with Crippen molar-refractivity contribution in [2.75, 3.05) is 0 Å². The SMILES string of the molecule is C=CC(O)c1ccc(Br)c(Br)c1. The van der Waals surface area contributed by atoms with E-state index in [1.807, 2.05) is 18.2 Å². The molecule has 0 aliphatic heterocycles. The predicted octanol–water partition coefficient (Wildman–Crippen LogP) is 3.43. The zero-order valence-corrected chi connectivity index (χ0v) is 9.47. The van der Waals surface area contributed by atoms with Crippen molar-refractivity contribution in [1.29, 1.82) is 0 Å². The van der Waals surface area contributed by atoms with E-state index in [1.165, 1.54) is 6.08 Å². The lowest BCUT2D eigenvalue weighted by Gasteiger charge is -2.06. The van der Waals surface area contributed by atoms with Gasteiger partial charge in [-0.15, -0.1) is 6.58 Å². The van der Waals surface area contributed by atoms with Gasteiger partial charge in [0.1, 0.15) is 0 Å². The van der Waals surface area contributed by atoms with Gasteiger partial charge < -0.3 is 5.11 Å². The van der Waals surface area contributed by atoms with E-state index in [0.717, 1.165) is 14.5 Å². The summed E-state index contributed by atoms with van der Waals surface area (Å²) in [7, 11) is 0. The Balaban J connectivity index is 3.04. The molecule has 1 rings (SSSR count). The van der Waals surface area contributed by atoms with Crippen LogP contribution in [-0.4, -0.2) is 5.11 Å². The number of rotatable bonds is 2. The molecule has 1 aromatic carbocycles. The second kappa shape index (κ2) is 4.21. The third kappa shape index (κ3) is 2.19. The minimum Gasteiger partial charge on any atom is -0.384 e. The largest absolute Gasteiger partial charge is 0.384 e. The first-order chi connectivity index (χ1) is 5.65. The summed E-state index contributed by atoms with van der Waals surface area (Å²) in [6, 6.07) is 5.59. The maximum atomic E-state index is 9.39. The van der Waals surface area contributed by atoms with Crippen molar-refractivity contribution in [1.82, 2.24) is 0 Å². The molecule has 1 nitrogen and oxygen atoms in total. The average molecular weight is 292 g/mol. The van der Waals surface area contributed by atoms with Crippen molar-refractivity contribution < 1.29 is 5.11 Å². The molecule has 1 atom stereocenters. The molecule has 0 bridgehead atoms. The second-order valence-electron chi connectivity index (χ2n) is 2.35. The lowest BCUT2D eigenvalue weighted by Crippen LogP contribution is -1.91. The smallest absolute Gasteiger partial charge is 0.0969 e. The van der Waals surface area contributed by atoms with Gasteiger partial charge in [-0.2, -0.15) is 0 Å². The Morgan fingerprint density at radius 1 is 1.33 bits per heavy atom. The van der Waals surface area contributed by atoms with E-state index < -0.39 is 6.10 Å². The number of benzene rings is 1. The van der Waals surface area contributed by atoms with Crippen LogP contribution in [-0.2, 0) is 0 Å². The Hall–Kier alpha value is -0.120. The molecule has 0 heterocycles. The molecule has 1 aromatic rings. The number of aliphatic hydroxyl groups is 1. The van der Waals surface area contributed by atoms with Crippen LogP contribution in [0.5, 0.6) is 0 Å². The number of hydrogen-bond donors (Lipinski definition) is 1. The number of hydrogen-bond acceptors (Lipinski definition) is 1. The van der Waals surface area contributed by atoms with Gasteiger partial charge in [-0.25, -0.2) is 0 Å². The fourth-order valence-electron chi connectivity index (χ4n) is 0.832. The third-order valence-electron chi connectivity index (χ3n) is 1.51. The van der Waals surface area contributed by atoms with Crippen molar-refractivity contribution in [3.05, 3.63) is 45.4 Å². The number of halogens is 2. The molecule has 1 N–H and O–H groups in total. The van der Waals surface area contributed by atoms with Gasteiger partial charge in [0.05, 0.1) is 6.10 Å². The summed E-state index contributed by atoms with van der Waals surface area (Å²) in [4.78, 5) is 0. The Kier molecular flexibility index (Phi) is 3.50. The normalized spacial score (nSPS) is 12.6. The lowest BCUT2D eigenvalue weighted by atomic mass is 10.1. The summed E-state index contributed by atoms with van der Waals surface area (Å²) < 4.78 is 1.91. The van der Waals surface area contributed by atoms with Gasteiger partial charge in [0.25, 0.3) is 0 Å². The second-order valence-corrected chi connectivity index (χ2v) is 4.06. The highest BCUT2D eigenvalue weighted by atomic mass is 79.9. The fourth-order valence-corrected chi connectivity index (χ4v) is 1.48. The van der Waals surface area contributed by atoms with Crippen LogP contribution in [0.25, 0.3) is 0 Å². The topological polar surface area (TPSA) is 20.2 Å². The summed E-state index contributed by atoms with van der Waals surface area (Å²) in [6.07, 6.45) is 0.907. The van der Waals surface area contributed by atoms with E-state index in [1.54, 1.807) is 0 Å². The first-order valence-corrected chi connectivity index (χ1v) is 4.99. The first-order valence-electron chi connectivity index (χ1n) is 3.40. The highest BCUT2D eigenvalue weighted by Gasteiger charge is 2.04. The zero-order valence-electron chi connectivity index (χ0n) is 6.30. The Bertz CT molecular complexity index is 297. The molecule has 64 valence electrons. The Morgan fingerprint density at radius 2 is 2.00 bits per heavy atom. The minimum atomic E-state index is -0.589. The molecule has 3 heteroatoms.